The fraction of sp³-hybridized carbons (Fsp3) is 0.500. The first-order valence-electron chi connectivity index (χ1n) is 9.57. The monoisotopic (exact) mass is 438 g/mol. The van der Waals surface area contributed by atoms with Crippen LogP contribution in [0.15, 0.2) is 46.5 Å². The lowest BCUT2D eigenvalue weighted by molar-refractivity contribution is 0.159. The molecule has 0 aliphatic heterocycles. The van der Waals surface area contributed by atoms with E-state index in [0.717, 1.165) is 16.5 Å². The maximum atomic E-state index is 12.9. The largest absolute Gasteiger partial charge is 0.383 e. The first-order chi connectivity index (χ1) is 13.8. The van der Waals surface area contributed by atoms with Crippen LogP contribution in [0.2, 0.25) is 0 Å². The summed E-state index contributed by atoms with van der Waals surface area (Å²) in [5, 5.41) is 9.48. The molecule has 0 N–H and O–H groups in total. The highest BCUT2D eigenvalue weighted by molar-refractivity contribution is 7.99. The van der Waals surface area contributed by atoms with Crippen molar-refractivity contribution in [3.63, 3.8) is 0 Å². The van der Waals surface area contributed by atoms with Crippen LogP contribution >= 0.6 is 11.8 Å². The van der Waals surface area contributed by atoms with E-state index in [1.165, 1.54) is 4.31 Å². The van der Waals surface area contributed by atoms with Crippen LogP contribution in [-0.4, -0.2) is 60.0 Å². The summed E-state index contributed by atoms with van der Waals surface area (Å²) in [6.45, 7) is 12.9. The minimum atomic E-state index is -3.56. The maximum Gasteiger partial charge on any atom is 0.243 e. The quantitative estimate of drug-likeness (QED) is 0.392. The standard InChI is InChI=1S/C20H30N4O3S2/c1-7-23(8-2)29(25,26)18-11-9-10-17(12-18)19-21-22-20(28-14-15(3)4)24(19)16(5)13-27-6/h9-12,16H,3,7-8,13-14H2,1-2,4-6H3/t16-/m1/s1. The Labute approximate surface area is 178 Å². The number of ether oxygens (including phenoxy) is 1. The van der Waals surface area contributed by atoms with Crippen LogP contribution in [0, 0.1) is 0 Å². The molecule has 7 nitrogen and oxygen atoms in total. The highest BCUT2D eigenvalue weighted by Crippen LogP contribution is 2.30. The molecule has 160 valence electrons. The summed E-state index contributed by atoms with van der Waals surface area (Å²) in [5.41, 5.74) is 1.74. The van der Waals surface area contributed by atoms with Crippen molar-refractivity contribution < 1.29 is 13.2 Å². The molecule has 0 bridgehead atoms. The molecular weight excluding hydrogens is 408 g/mol. The van der Waals surface area contributed by atoms with Crippen molar-refractivity contribution in [3.05, 3.63) is 36.4 Å². The molecule has 29 heavy (non-hydrogen) atoms. The van der Waals surface area contributed by atoms with Crippen molar-refractivity contribution in [2.45, 2.75) is 43.8 Å². The Morgan fingerprint density at radius 2 is 2.00 bits per heavy atom. The van der Waals surface area contributed by atoms with Crippen molar-refractivity contribution >= 4 is 21.8 Å². The zero-order valence-corrected chi connectivity index (χ0v) is 19.4. The van der Waals surface area contributed by atoms with E-state index in [2.05, 4.69) is 16.8 Å². The fourth-order valence-electron chi connectivity index (χ4n) is 2.98. The third-order valence-electron chi connectivity index (χ3n) is 4.40. The summed E-state index contributed by atoms with van der Waals surface area (Å²) in [5.74, 6) is 1.35. The number of hydrogen-bond acceptors (Lipinski definition) is 6. The summed E-state index contributed by atoms with van der Waals surface area (Å²) in [6, 6.07) is 6.87. The molecule has 2 aromatic rings. The molecule has 0 spiro atoms. The molecule has 0 fully saturated rings. The molecule has 1 aromatic carbocycles. The minimum Gasteiger partial charge on any atom is -0.383 e. The zero-order valence-electron chi connectivity index (χ0n) is 17.8. The summed E-state index contributed by atoms with van der Waals surface area (Å²) >= 11 is 1.55. The van der Waals surface area contributed by atoms with Gasteiger partial charge in [0.15, 0.2) is 11.0 Å². The summed E-state index contributed by atoms with van der Waals surface area (Å²) in [7, 11) is -1.90. The third-order valence-corrected chi connectivity index (χ3v) is 7.62. The van der Waals surface area contributed by atoms with E-state index in [0.29, 0.717) is 31.1 Å². The van der Waals surface area contributed by atoms with E-state index < -0.39 is 10.0 Å². The number of hydrogen-bond donors (Lipinski definition) is 0. The van der Waals surface area contributed by atoms with Crippen molar-refractivity contribution in [2.75, 3.05) is 32.6 Å². The number of rotatable bonds is 11. The van der Waals surface area contributed by atoms with Gasteiger partial charge in [-0.1, -0.05) is 49.9 Å². The molecule has 0 saturated heterocycles. The first-order valence-corrected chi connectivity index (χ1v) is 12.0. The first kappa shape index (κ1) is 23.6. The lowest BCUT2D eigenvalue weighted by Crippen LogP contribution is -2.30. The highest BCUT2D eigenvalue weighted by atomic mass is 32.2. The highest BCUT2D eigenvalue weighted by Gasteiger charge is 2.24. The molecule has 1 atom stereocenters. The Bertz CT molecular complexity index is 937. The van der Waals surface area contributed by atoms with Crippen LogP contribution in [0.3, 0.4) is 0 Å². The van der Waals surface area contributed by atoms with Gasteiger partial charge in [-0.05, 0) is 26.0 Å². The Morgan fingerprint density at radius 1 is 1.31 bits per heavy atom. The van der Waals surface area contributed by atoms with Gasteiger partial charge in [-0.3, -0.25) is 4.57 Å². The number of sulfonamides is 1. The van der Waals surface area contributed by atoms with Crippen LogP contribution in [-0.2, 0) is 14.8 Å². The topological polar surface area (TPSA) is 77.3 Å². The smallest absolute Gasteiger partial charge is 0.243 e. The second kappa shape index (κ2) is 10.4. The number of aromatic nitrogens is 3. The molecule has 9 heteroatoms. The van der Waals surface area contributed by atoms with Gasteiger partial charge in [0.2, 0.25) is 10.0 Å². The summed E-state index contributed by atoms with van der Waals surface area (Å²) in [4.78, 5) is 0.254. The van der Waals surface area contributed by atoms with Crippen molar-refractivity contribution in [1.29, 1.82) is 0 Å². The number of benzene rings is 1. The van der Waals surface area contributed by atoms with E-state index in [1.54, 1.807) is 37.1 Å². The van der Waals surface area contributed by atoms with Crippen molar-refractivity contribution in [3.8, 4) is 11.4 Å². The lowest BCUT2D eigenvalue weighted by Gasteiger charge is -2.20. The van der Waals surface area contributed by atoms with E-state index in [-0.39, 0.29) is 10.9 Å². The van der Waals surface area contributed by atoms with Gasteiger partial charge < -0.3 is 4.74 Å². The Kier molecular flexibility index (Phi) is 8.45. The molecule has 0 amide bonds. The van der Waals surface area contributed by atoms with Gasteiger partial charge in [-0.15, -0.1) is 10.2 Å². The normalized spacial score (nSPS) is 13.0. The van der Waals surface area contributed by atoms with E-state index >= 15 is 0 Å². The zero-order chi connectivity index (χ0) is 21.6. The third kappa shape index (κ3) is 5.48. The predicted octanol–water partition coefficient (Wildman–Crippen LogP) is 3.85. The van der Waals surface area contributed by atoms with E-state index in [4.69, 9.17) is 4.74 Å². The molecule has 0 aliphatic rings. The van der Waals surface area contributed by atoms with Gasteiger partial charge in [-0.25, -0.2) is 8.42 Å². The van der Waals surface area contributed by atoms with E-state index in [1.807, 2.05) is 38.3 Å². The minimum absolute atomic E-state index is 0.0133. The van der Waals surface area contributed by atoms with Crippen LogP contribution in [0.4, 0.5) is 0 Å². The predicted molar refractivity (Wildman–Crippen MR) is 118 cm³/mol. The van der Waals surface area contributed by atoms with Crippen LogP contribution in [0.1, 0.15) is 33.7 Å². The van der Waals surface area contributed by atoms with Gasteiger partial charge in [0.05, 0.1) is 17.5 Å². The molecular formula is C20H30N4O3S2. The SMILES string of the molecule is C=C(C)CSc1nnc(-c2cccc(S(=O)(=O)N(CC)CC)c2)n1[C@H](C)COC. The number of methoxy groups -OCH3 is 1. The molecule has 0 aliphatic carbocycles. The summed E-state index contributed by atoms with van der Waals surface area (Å²) in [6.07, 6.45) is 0. The van der Waals surface area contributed by atoms with Gasteiger partial charge in [0.25, 0.3) is 0 Å². The second-order valence-electron chi connectivity index (χ2n) is 6.84. The number of nitrogens with zero attached hydrogens (tertiary/aromatic N) is 4. The second-order valence-corrected chi connectivity index (χ2v) is 9.72. The Balaban J connectivity index is 2.53. The molecule has 2 rings (SSSR count). The molecule has 1 aromatic heterocycles. The van der Waals surface area contributed by atoms with Gasteiger partial charge >= 0.3 is 0 Å². The number of thioether (sulfide) groups is 1. The van der Waals surface area contributed by atoms with E-state index in [9.17, 15) is 8.42 Å². The lowest BCUT2D eigenvalue weighted by atomic mass is 10.2. The van der Waals surface area contributed by atoms with Gasteiger partial charge in [0.1, 0.15) is 0 Å². The van der Waals surface area contributed by atoms with Crippen LogP contribution < -0.4 is 0 Å². The average Bonchev–Trinajstić information content (AvgIpc) is 3.11. The van der Waals surface area contributed by atoms with Crippen molar-refractivity contribution in [1.82, 2.24) is 19.1 Å². The Morgan fingerprint density at radius 3 is 2.59 bits per heavy atom. The van der Waals surface area contributed by atoms with Crippen molar-refractivity contribution in [2.24, 2.45) is 0 Å². The fourth-order valence-corrected chi connectivity index (χ4v) is 5.37. The molecule has 0 radical (unpaired) electrons. The molecule has 0 unspecified atom stereocenters. The van der Waals surface area contributed by atoms with Crippen LogP contribution in [0.25, 0.3) is 11.4 Å². The summed E-state index contributed by atoms with van der Waals surface area (Å²) < 4.78 is 34.6. The van der Waals surface area contributed by atoms with Gasteiger partial charge in [0, 0.05) is 31.5 Å². The maximum absolute atomic E-state index is 12.9. The van der Waals surface area contributed by atoms with Crippen LogP contribution in [0.5, 0.6) is 0 Å². The molecule has 1 heterocycles. The molecule has 0 saturated carbocycles. The van der Waals surface area contributed by atoms with Gasteiger partial charge in [-0.2, -0.15) is 4.31 Å². The Hall–Kier alpha value is -1.68. The average molecular weight is 439 g/mol.